The molecule has 5 heteroatoms. The van der Waals surface area contributed by atoms with Crippen molar-refractivity contribution in [2.24, 2.45) is 4.99 Å². The Morgan fingerprint density at radius 2 is 2.12 bits per heavy atom. The second-order valence-corrected chi connectivity index (χ2v) is 5.91. The molecule has 1 aliphatic rings. The number of hydrogen-bond donors (Lipinski definition) is 1. The molecule has 1 rings (SSSR count). The Kier molecular flexibility index (Phi) is 5.55. The van der Waals surface area contributed by atoms with Gasteiger partial charge in [-0.3, -0.25) is 9.89 Å². The molecule has 0 bridgehead atoms. The molecule has 0 aromatic heterocycles. The van der Waals surface area contributed by atoms with E-state index in [4.69, 9.17) is 12.2 Å². The van der Waals surface area contributed by atoms with E-state index < -0.39 is 0 Å². The maximum Gasteiger partial charge on any atom is 0.175 e. The highest BCUT2D eigenvalue weighted by atomic mass is 32.2. The van der Waals surface area contributed by atoms with E-state index in [1.807, 2.05) is 0 Å². The monoisotopic (exact) mass is 259 g/mol. The minimum atomic E-state index is 0.324. The molecule has 0 aromatic rings. The zero-order valence-electron chi connectivity index (χ0n) is 10.5. The lowest BCUT2D eigenvalue weighted by atomic mass is 10.4. The molecule has 92 valence electrons. The quantitative estimate of drug-likeness (QED) is 0.771. The second kappa shape index (κ2) is 6.45. The van der Waals surface area contributed by atoms with Crippen LogP contribution in [0.2, 0.25) is 0 Å². The van der Waals surface area contributed by atoms with Gasteiger partial charge in [-0.05, 0) is 46.3 Å². The average molecular weight is 259 g/mol. The second-order valence-electron chi connectivity index (χ2n) is 4.46. The van der Waals surface area contributed by atoms with E-state index in [2.05, 4.69) is 42.9 Å². The van der Waals surface area contributed by atoms with Crippen LogP contribution in [0.3, 0.4) is 0 Å². The van der Waals surface area contributed by atoms with Gasteiger partial charge in [0.05, 0.1) is 0 Å². The van der Waals surface area contributed by atoms with E-state index in [1.165, 1.54) is 6.42 Å². The first kappa shape index (κ1) is 13.8. The summed E-state index contributed by atoms with van der Waals surface area (Å²) in [6, 6.07) is 0.699. The van der Waals surface area contributed by atoms with Gasteiger partial charge in [0.25, 0.3) is 0 Å². The van der Waals surface area contributed by atoms with E-state index in [0.29, 0.717) is 12.1 Å². The van der Waals surface area contributed by atoms with Crippen molar-refractivity contribution in [3.05, 3.63) is 0 Å². The van der Waals surface area contributed by atoms with Gasteiger partial charge in [-0.2, -0.15) is 0 Å². The number of amidine groups is 1. The van der Waals surface area contributed by atoms with Crippen LogP contribution in [0, 0.1) is 0 Å². The molecule has 1 heterocycles. The molecule has 1 N–H and O–H groups in total. The van der Waals surface area contributed by atoms with Gasteiger partial charge in [0.1, 0.15) is 0 Å². The van der Waals surface area contributed by atoms with Gasteiger partial charge in [0.15, 0.2) is 10.3 Å². The van der Waals surface area contributed by atoms with E-state index in [9.17, 15) is 0 Å². The van der Waals surface area contributed by atoms with Crippen LogP contribution < -0.4 is 5.32 Å². The maximum absolute atomic E-state index is 5.40. The van der Waals surface area contributed by atoms with Gasteiger partial charge in [-0.15, -0.1) is 0 Å². The zero-order chi connectivity index (χ0) is 12.1. The van der Waals surface area contributed by atoms with Crippen molar-refractivity contribution in [1.82, 2.24) is 10.2 Å². The van der Waals surface area contributed by atoms with Crippen molar-refractivity contribution < 1.29 is 0 Å². The first-order valence-electron chi connectivity index (χ1n) is 5.79. The summed E-state index contributed by atoms with van der Waals surface area (Å²) < 4.78 is 0. The summed E-state index contributed by atoms with van der Waals surface area (Å²) in [5.74, 6) is 1.15. The Balaban J connectivity index is 2.70. The Hall–Kier alpha value is -0.290. The summed E-state index contributed by atoms with van der Waals surface area (Å²) in [7, 11) is 0. The highest BCUT2D eigenvalue weighted by Crippen LogP contribution is 2.18. The standard InChI is InChI=1S/C11H21N3S2/c1-8(2)12-10(15)14-6-5-7-16-11(14)13-9(3)4/h8-9H,5-7H2,1-4H3,(H,12,15). The Morgan fingerprint density at radius 3 is 2.69 bits per heavy atom. The largest absolute Gasteiger partial charge is 0.360 e. The van der Waals surface area contributed by atoms with E-state index in [0.717, 1.165) is 22.6 Å². The molecular formula is C11H21N3S2. The SMILES string of the molecule is CC(C)N=C1SCCCN1C(=S)NC(C)C. The molecule has 0 aromatic carbocycles. The lowest BCUT2D eigenvalue weighted by molar-refractivity contribution is 0.562. The fourth-order valence-corrected chi connectivity index (χ4v) is 2.95. The summed E-state index contributed by atoms with van der Waals surface area (Å²) in [6.45, 7) is 9.38. The number of nitrogens with one attached hydrogen (secondary N) is 1. The van der Waals surface area contributed by atoms with Crippen LogP contribution >= 0.6 is 24.0 Å². The fourth-order valence-electron chi connectivity index (χ4n) is 1.40. The Morgan fingerprint density at radius 1 is 1.44 bits per heavy atom. The molecule has 0 saturated carbocycles. The van der Waals surface area contributed by atoms with Gasteiger partial charge in [-0.1, -0.05) is 11.8 Å². The number of thioether (sulfide) groups is 1. The summed E-state index contributed by atoms with van der Waals surface area (Å²) in [4.78, 5) is 6.75. The van der Waals surface area contributed by atoms with Gasteiger partial charge >= 0.3 is 0 Å². The van der Waals surface area contributed by atoms with Gasteiger partial charge in [0, 0.05) is 24.4 Å². The first-order chi connectivity index (χ1) is 7.50. The van der Waals surface area contributed by atoms with Crippen molar-refractivity contribution in [2.45, 2.75) is 46.2 Å². The zero-order valence-corrected chi connectivity index (χ0v) is 12.1. The van der Waals surface area contributed by atoms with Gasteiger partial charge in [0.2, 0.25) is 0 Å². The predicted molar refractivity (Wildman–Crippen MR) is 77.2 cm³/mol. The van der Waals surface area contributed by atoms with Crippen LogP contribution in [0.1, 0.15) is 34.1 Å². The minimum Gasteiger partial charge on any atom is -0.360 e. The molecule has 0 aliphatic carbocycles. The average Bonchev–Trinajstić information content (AvgIpc) is 2.16. The highest BCUT2D eigenvalue weighted by Gasteiger charge is 2.21. The molecule has 16 heavy (non-hydrogen) atoms. The summed E-state index contributed by atoms with van der Waals surface area (Å²) in [5, 5.41) is 5.15. The third kappa shape index (κ3) is 4.29. The molecule has 0 spiro atoms. The highest BCUT2D eigenvalue weighted by molar-refractivity contribution is 8.13. The van der Waals surface area contributed by atoms with Crippen molar-refractivity contribution in [3.8, 4) is 0 Å². The Bertz CT molecular complexity index is 274. The third-order valence-corrected chi connectivity index (χ3v) is 3.43. The number of thiocarbonyl (C=S) groups is 1. The number of nitrogens with zero attached hydrogens (tertiary/aromatic N) is 2. The number of aliphatic imine (C=N–C) groups is 1. The van der Waals surface area contributed by atoms with Crippen molar-refractivity contribution >= 4 is 34.3 Å². The lowest BCUT2D eigenvalue weighted by Crippen LogP contribution is -2.47. The topological polar surface area (TPSA) is 27.6 Å². The molecular weight excluding hydrogens is 238 g/mol. The van der Waals surface area contributed by atoms with Crippen molar-refractivity contribution in [1.29, 1.82) is 0 Å². The van der Waals surface area contributed by atoms with Crippen LogP contribution in [0.15, 0.2) is 4.99 Å². The van der Waals surface area contributed by atoms with Crippen LogP contribution in [0.4, 0.5) is 0 Å². The number of rotatable bonds is 2. The van der Waals surface area contributed by atoms with Crippen molar-refractivity contribution in [3.63, 3.8) is 0 Å². The lowest BCUT2D eigenvalue weighted by Gasteiger charge is -2.31. The minimum absolute atomic E-state index is 0.324. The van der Waals surface area contributed by atoms with Crippen LogP contribution in [0.5, 0.6) is 0 Å². The molecule has 1 fully saturated rings. The van der Waals surface area contributed by atoms with Crippen LogP contribution in [-0.4, -0.2) is 39.6 Å². The van der Waals surface area contributed by atoms with Crippen LogP contribution in [-0.2, 0) is 0 Å². The molecule has 0 atom stereocenters. The fraction of sp³-hybridized carbons (Fsp3) is 0.818. The van der Waals surface area contributed by atoms with Gasteiger partial charge < -0.3 is 5.32 Å². The maximum atomic E-state index is 5.40. The third-order valence-electron chi connectivity index (χ3n) is 2.01. The Labute approximate surface area is 108 Å². The number of hydrogen-bond acceptors (Lipinski definition) is 3. The molecule has 3 nitrogen and oxygen atoms in total. The van der Waals surface area contributed by atoms with E-state index >= 15 is 0 Å². The normalized spacial score (nSPS) is 19.6. The van der Waals surface area contributed by atoms with E-state index in [1.54, 1.807) is 11.8 Å². The molecule has 0 radical (unpaired) electrons. The first-order valence-corrected chi connectivity index (χ1v) is 7.18. The molecule has 0 amide bonds. The predicted octanol–water partition coefficient (Wildman–Crippen LogP) is 2.47. The van der Waals surface area contributed by atoms with Crippen molar-refractivity contribution in [2.75, 3.05) is 12.3 Å². The van der Waals surface area contributed by atoms with Crippen LogP contribution in [0.25, 0.3) is 0 Å². The summed E-state index contributed by atoms with van der Waals surface area (Å²) in [5.41, 5.74) is 0. The summed E-state index contributed by atoms with van der Waals surface area (Å²) >= 11 is 7.20. The molecule has 0 unspecified atom stereocenters. The summed E-state index contributed by atoms with van der Waals surface area (Å²) in [6.07, 6.45) is 1.17. The molecule has 1 saturated heterocycles. The van der Waals surface area contributed by atoms with Gasteiger partial charge in [-0.25, -0.2) is 0 Å². The molecule has 1 aliphatic heterocycles. The van der Waals surface area contributed by atoms with E-state index in [-0.39, 0.29) is 0 Å². The smallest absolute Gasteiger partial charge is 0.175 e.